The number of benzene rings is 3. The molecule has 5 aromatic rings. The van der Waals surface area contributed by atoms with Gasteiger partial charge in [-0.1, -0.05) is 36.4 Å². The average Bonchev–Trinajstić information content (AvgIpc) is 3.83. The highest BCUT2D eigenvalue weighted by molar-refractivity contribution is 6.12. The largest absolute Gasteiger partial charge is 0.497 e. The number of anilines is 3. The maximum Gasteiger partial charge on any atom is 0.248 e. The van der Waals surface area contributed by atoms with Crippen molar-refractivity contribution in [1.82, 2.24) is 24.6 Å². The molecule has 11 nitrogen and oxygen atoms in total. The molecular weight excluding hydrogens is 642 g/mol. The lowest BCUT2D eigenvalue weighted by atomic mass is 10.2. The summed E-state index contributed by atoms with van der Waals surface area (Å²) in [5.74, 6) is 2.68. The number of aromatic nitrogens is 3. The van der Waals surface area contributed by atoms with Gasteiger partial charge in [-0.2, -0.15) is 5.10 Å². The van der Waals surface area contributed by atoms with Crippen LogP contribution in [0.25, 0.3) is 11.0 Å². The van der Waals surface area contributed by atoms with Gasteiger partial charge in [-0.3, -0.25) is 19.4 Å². The monoisotopic (exact) mass is 683 g/mol. The van der Waals surface area contributed by atoms with Crippen LogP contribution in [-0.4, -0.2) is 88.8 Å². The summed E-state index contributed by atoms with van der Waals surface area (Å²) in [5, 5.41) is 5.90. The molecule has 1 atom stereocenters. The summed E-state index contributed by atoms with van der Waals surface area (Å²) < 4.78 is 13.3. The maximum atomic E-state index is 14.5. The van der Waals surface area contributed by atoms with E-state index in [0.29, 0.717) is 49.3 Å². The third-order valence-electron chi connectivity index (χ3n) is 9.96. The van der Waals surface area contributed by atoms with Gasteiger partial charge in [0.25, 0.3) is 0 Å². The Balaban J connectivity index is 1.12. The number of methoxy groups -OCH3 is 1. The predicted molar refractivity (Wildman–Crippen MR) is 197 cm³/mol. The zero-order valence-corrected chi connectivity index (χ0v) is 28.9. The first-order valence-corrected chi connectivity index (χ1v) is 17.5. The highest BCUT2D eigenvalue weighted by Crippen LogP contribution is 2.42. The van der Waals surface area contributed by atoms with E-state index in [1.165, 1.54) is 12.8 Å². The van der Waals surface area contributed by atoms with Crippen molar-refractivity contribution < 1.29 is 19.1 Å². The Bertz CT molecular complexity index is 2060. The summed E-state index contributed by atoms with van der Waals surface area (Å²) in [4.78, 5) is 40.5. The summed E-state index contributed by atoms with van der Waals surface area (Å²) >= 11 is 0. The molecule has 2 aromatic heterocycles. The molecule has 0 radical (unpaired) electrons. The summed E-state index contributed by atoms with van der Waals surface area (Å²) in [6, 6.07) is 27.6. The highest BCUT2D eigenvalue weighted by atomic mass is 16.5. The summed E-state index contributed by atoms with van der Waals surface area (Å²) in [6.45, 7) is 2.31. The minimum Gasteiger partial charge on any atom is -0.497 e. The van der Waals surface area contributed by atoms with Gasteiger partial charge >= 0.3 is 0 Å². The number of likely N-dealkylation sites (tertiary alicyclic amines) is 1. The molecule has 11 heteroatoms. The lowest BCUT2D eigenvalue weighted by Gasteiger charge is -2.28. The van der Waals surface area contributed by atoms with E-state index >= 15 is 0 Å². The minimum absolute atomic E-state index is 0.0272. The van der Waals surface area contributed by atoms with Gasteiger partial charge in [-0.25, -0.2) is 9.67 Å². The molecule has 260 valence electrons. The number of carbonyl (C=O) groups excluding carboxylic acids is 2. The van der Waals surface area contributed by atoms with E-state index in [-0.39, 0.29) is 24.4 Å². The number of rotatable bonds is 11. The quantitative estimate of drug-likeness (QED) is 0.156. The number of hydrogen-bond acceptors (Lipinski definition) is 8. The molecule has 2 amide bonds. The Morgan fingerprint density at radius 1 is 0.941 bits per heavy atom. The van der Waals surface area contributed by atoms with Gasteiger partial charge in [0.15, 0.2) is 11.5 Å². The van der Waals surface area contributed by atoms with Crippen LogP contribution in [0.5, 0.6) is 17.2 Å². The fourth-order valence-corrected chi connectivity index (χ4v) is 7.05. The van der Waals surface area contributed by atoms with Gasteiger partial charge in [0.1, 0.15) is 23.8 Å². The SMILES string of the molecule is COc1ccc(Cn2nc3c4c(ccnc42)N(c2ccc(Oc4ccccc4)cc2)CC(=O)N3[C@@H]2CCN(C(=O)/C=C/CN(C)C3CC3)C2)cc1. The molecule has 2 aliphatic heterocycles. The van der Waals surface area contributed by atoms with Crippen LogP contribution in [0.15, 0.2) is 103 Å². The second-order valence-electron chi connectivity index (χ2n) is 13.4. The van der Waals surface area contributed by atoms with Crippen molar-refractivity contribution in [3.63, 3.8) is 0 Å². The van der Waals surface area contributed by atoms with E-state index in [1.807, 2.05) is 110 Å². The molecule has 1 saturated carbocycles. The molecule has 0 spiro atoms. The van der Waals surface area contributed by atoms with Crippen LogP contribution < -0.4 is 19.3 Å². The standard InChI is InChI=1S/C40H41N7O4/c1-43(29-12-13-29)23-6-9-36(48)44-24-21-31(26-44)47-37(49)27-45(30-14-18-34(19-15-30)51-33-7-4-3-5-8-33)35-20-22-41-39-38(35)40(47)42-46(39)25-28-10-16-32(50-2)17-11-28/h3-11,14-20,22,29,31H,12-13,21,23-27H2,1-2H3/b9-6+/t31-/m1/s1. The van der Waals surface area contributed by atoms with E-state index in [2.05, 4.69) is 11.9 Å². The summed E-state index contributed by atoms with van der Waals surface area (Å²) in [7, 11) is 3.75. The Morgan fingerprint density at radius 3 is 2.43 bits per heavy atom. The fraction of sp³-hybridized carbons (Fsp3) is 0.300. The molecule has 4 heterocycles. The van der Waals surface area contributed by atoms with Crippen LogP contribution in [-0.2, 0) is 16.1 Å². The smallest absolute Gasteiger partial charge is 0.248 e. The Labute approximate surface area is 297 Å². The average molecular weight is 684 g/mol. The molecule has 2 fully saturated rings. The van der Waals surface area contributed by atoms with E-state index in [0.717, 1.165) is 40.4 Å². The van der Waals surface area contributed by atoms with Crippen molar-refractivity contribution in [3.8, 4) is 17.2 Å². The third kappa shape index (κ3) is 6.77. The Morgan fingerprint density at radius 2 is 1.69 bits per heavy atom. The van der Waals surface area contributed by atoms with Crippen molar-refractivity contribution >= 4 is 40.0 Å². The van der Waals surface area contributed by atoms with Crippen LogP contribution in [0.3, 0.4) is 0 Å². The topological polar surface area (TPSA) is 96.3 Å². The van der Waals surface area contributed by atoms with Crippen LogP contribution in [0, 0.1) is 0 Å². The van der Waals surface area contributed by atoms with Gasteiger partial charge in [0.2, 0.25) is 11.8 Å². The van der Waals surface area contributed by atoms with Gasteiger partial charge in [-0.05, 0) is 86.5 Å². The molecule has 51 heavy (non-hydrogen) atoms. The van der Waals surface area contributed by atoms with Crippen LogP contribution in [0.4, 0.5) is 17.2 Å². The molecule has 1 saturated heterocycles. The van der Waals surface area contributed by atoms with E-state index in [1.54, 1.807) is 19.4 Å². The number of likely N-dealkylation sites (N-methyl/N-ethyl adjacent to an activating group) is 1. The zero-order chi connectivity index (χ0) is 34.9. The van der Waals surface area contributed by atoms with Crippen molar-refractivity contribution in [1.29, 1.82) is 0 Å². The van der Waals surface area contributed by atoms with E-state index in [9.17, 15) is 9.59 Å². The Kier molecular flexibility index (Phi) is 8.87. The molecule has 1 aliphatic carbocycles. The van der Waals surface area contributed by atoms with Crippen LogP contribution in [0.2, 0.25) is 0 Å². The molecule has 0 unspecified atom stereocenters. The number of amides is 2. The first-order valence-electron chi connectivity index (χ1n) is 17.5. The molecular formula is C40H41N7O4. The highest BCUT2D eigenvalue weighted by Gasteiger charge is 2.39. The zero-order valence-electron chi connectivity index (χ0n) is 28.9. The van der Waals surface area contributed by atoms with Crippen molar-refractivity contribution in [3.05, 3.63) is 109 Å². The first-order chi connectivity index (χ1) is 24.9. The lowest BCUT2D eigenvalue weighted by Crippen LogP contribution is -2.46. The third-order valence-corrected chi connectivity index (χ3v) is 9.96. The lowest BCUT2D eigenvalue weighted by molar-refractivity contribution is -0.125. The van der Waals surface area contributed by atoms with Crippen LogP contribution in [0.1, 0.15) is 24.8 Å². The van der Waals surface area contributed by atoms with Crippen molar-refractivity contribution in [2.45, 2.75) is 37.9 Å². The number of para-hydroxylation sites is 1. The number of pyridine rings is 1. The van der Waals surface area contributed by atoms with Crippen molar-refractivity contribution in [2.24, 2.45) is 0 Å². The number of hydrogen-bond donors (Lipinski definition) is 0. The van der Waals surface area contributed by atoms with Gasteiger partial charge in [-0.15, -0.1) is 0 Å². The molecule has 3 aliphatic rings. The normalized spacial score (nSPS) is 17.5. The number of ether oxygens (including phenoxy) is 2. The number of carbonyl (C=O) groups is 2. The molecule has 0 N–H and O–H groups in total. The molecule has 3 aromatic carbocycles. The second kappa shape index (κ2) is 13.9. The fourth-order valence-electron chi connectivity index (χ4n) is 7.05. The second-order valence-corrected chi connectivity index (χ2v) is 13.4. The predicted octanol–water partition coefficient (Wildman–Crippen LogP) is 6.02. The summed E-state index contributed by atoms with van der Waals surface area (Å²) in [6.07, 6.45) is 8.51. The maximum absolute atomic E-state index is 14.5. The minimum atomic E-state index is -0.230. The van der Waals surface area contributed by atoms with Crippen molar-refractivity contribution in [2.75, 3.05) is 50.1 Å². The van der Waals surface area contributed by atoms with Gasteiger partial charge in [0, 0.05) is 43.6 Å². The number of nitrogens with zero attached hydrogens (tertiary/aromatic N) is 7. The summed E-state index contributed by atoms with van der Waals surface area (Å²) in [5.41, 5.74) is 3.39. The molecule has 0 bridgehead atoms. The van der Waals surface area contributed by atoms with Gasteiger partial charge < -0.3 is 19.3 Å². The first kappa shape index (κ1) is 32.5. The van der Waals surface area contributed by atoms with Gasteiger partial charge in [0.05, 0.1) is 30.8 Å². The van der Waals surface area contributed by atoms with Crippen LogP contribution >= 0.6 is 0 Å². The van der Waals surface area contributed by atoms with E-state index < -0.39 is 0 Å². The molecule has 8 rings (SSSR count). The Hall–Kier alpha value is -5.68. The van der Waals surface area contributed by atoms with E-state index in [4.69, 9.17) is 19.6 Å².